The Labute approximate surface area is 138 Å². The van der Waals surface area contributed by atoms with Crippen molar-refractivity contribution in [1.82, 2.24) is 15.1 Å². The lowest BCUT2D eigenvalue weighted by atomic mass is 10.0. The first-order valence-electron chi connectivity index (χ1n) is 8.35. The third-order valence-electron chi connectivity index (χ3n) is 4.20. The third kappa shape index (κ3) is 4.98. The minimum Gasteiger partial charge on any atom is -0.339 e. The summed E-state index contributed by atoms with van der Waals surface area (Å²) in [6.45, 7) is 8.43. The Balaban J connectivity index is 1.77. The van der Waals surface area contributed by atoms with Crippen LogP contribution in [0, 0.1) is 6.92 Å². The van der Waals surface area contributed by atoms with Gasteiger partial charge in [-0.25, -0.2) is 4.79 Å². The number of hydrogen-bond donors (Lipinski definition) is 1. The summed E-state index contributed by atoms with van der Waals surface area (Å²) in [6, 6.07) is 8.28. The number of nitrogens with zero attached hydrogens (tertiary/aromatic N) is 2. The van der Waals surface area contributed by atoms with Gasteiger partial charge in [-0.15, -0.1) is 0 Å². The van der Waals surface area contributed by atoms with Crippen LogP contribution in [0.2, 0.25) is 0 Å². The minimum absolute atomic E-state index is 0.0352. The molecule has 5 nitrogen and oxygen atoms in total. The van der Waals surface area contributed by atoms with Crippen LogP contribution in [-0.2, 0) is 11.2 Å². The lowest BCUT2D eigenvalue weighted by molar-refractivity contribution is -0.132. The van der Waals surface area contributed by atoms with Crippen molar-refractivity contribution >= 4 is 11.9 Å². The molecule has 1 saturated heterocycles. The fourth-order valence-corrected chi connectivity index (χ4v) is 2.79. The summed E-state index contributed by atoms with van der Waals surface area (Å²) in [5.41, 5.74) is 2.46. The van der Waals surface area contributed by atoms with Gasteiger partial charge in [-0.1, -0.05) is 24.3 Å². The molecule has 1 aliphatic heterocycles. The van der Waals surface area contributed by atoms with Gasteiger partial charge in [0.1, 0.15) is 0 Å². The number of urea groups is 1. The molecule has 0 saturated carbocycles. The van der Waals surface area contributed by atoms with E-state index in [9.17, 15) is 9.59 Å². The molecule has 5 heteroatoms. The molecule has 2 rings (SSSR count). The first kappa shape index (κ1) is 17.3. The number of benzene rings is 1. The van der Waals surface area contributed by atoms with E-state index >= 15 is 0 Å². The Hall–Kier alpha value is -2.04. The average Bonchev–Trinajstić information content (AvgIpc) is 2.53. The average molecular weight is 317 g/mol. The largest absolute Gasteiger partial charge is 0.339 e. The summed E-state index contributed by atoms with van der Waals surface area (Å²) in [4.78, 5) is 27.9. The third-order valence-corrected chi connectivity index (χ3v) is 4.20. The summed E-state index contributed by atoms with van der Waals surface area (Å²) < 4.78 is 0. The van der Waals surface area contributed by atoms with Crippen molar-refractivity contribution in [3.05, 3.63) is 35.4 Å². The van der Waals surface area contributed by atoms with Crippen LogP contribution in [0.1, 0.15) is 31.4 Å². The molecule has 23 heavy (non-hydrogen) atoms. The minimum atomic E-state index is -0.0352. The molecule has 0 spiro atoms. The van der Waals surface area contributed by atoms with Gasteiger partial charge in [0.15, 0.2) is 0 Å². The number of rotatable bonds is 4. The van der Waals surface area contributed by atoms with E-state index < -0.39 is 0 Å². The van der Waals surface area contributed by atoms with E-state index in [4.69, 9.17) is 0 Å². The highest BCUT2D eigenvalue weighted by Crippen LogP contribution is 2.11. The van der Waals surface area contributed by atoms with E-state index in [-0.39, 0.29) is 18.0 Å². The van der Waals surface area contributed by atoms with Crippen molar-refractivity contribution < 1.29 is 9.59 Å². The molecular formula is C18H27N3O2. The summed E-state index contributed by atoms with van der Waals surface area (Å²) in [5, 5.41) is 2.89. The van der Waals surface area contributed by atoms with Crippen molar-refractivity contribution in [2.45, 2.75) is 39.7 Å². The smallest absolute Gasteiger partial charge is 0.317 e. The summed E-state index contributed by atoms with van der Waals surface area (Å²) >= 11 is 0. The monoisotopic (exact) mass is 317 g/mol. The van der Waals surface area contributed by atoms with Gasteiger partial charge in [0.05, 0.1) is 0 Å². The topological polar surface area (TPSA) is 52.7 Å². The Morgan fingerprint density at radius 1 is 1.09 bits per heavy atom. The van der Waals surface area contributed by atoms with E-state index in [0.29, 0.717) is 32.6 Å². The van der Waals surface area contributed by atoms with Gasteiger partial charge in [-0.2, -0.15) is 0 Å². The van der Waals surface area contributed by atoms with Crippen LogP contribution in [0.15, 0.2) is 24.3 Å². The molecule has 1 fully saturated rings. The van der Waals surface area contributed by atoms with Gasteiger partial charge in [-0.05, 0) is 38.3 Å². The maximum Gasteiger partial charge on any atom is 0.317 e. The van der Waals surface area contributed by atoms with E-state index in [1.165, 1.54) is 11.1 Å². The Kier molecular flexibility index (Phi) is 6.02. The predicted molar refractivity (Wildman–Crippen MR) is 91.3 cm³/mol. The molecule has 1 aromatic carbocycles. The summed E-state index contributed by atoms with van der Waals surface area (Å²) in [6.07, 6.45) is 1.31. The maximum absolute atomic E-state index is 12.3. The second-order valence-electron chi connectivity index (χ2n) is 6.40. The normalized spacial score (nSPS) is 15.0. The zero-order valence-electron chi connectivity index (χ0n) is 14.3. The highest BCUT2D eigenvalue weighted by atomic mass is 16.2. The van der Waals surface area contributed by atoms with Gasteiger partial charge in [0.25, 0.3) is 0 Å². The van der Waals surface area contributed by atoms with Gasteiger partial charge >= 0.3 is 6.03 Å². The van der Waals surface area contributed by atoms with Crippen molar-refractivity contribution in [3.63, 3.8) is 0 Å². The van der Waals surface area contributed by atoms with E-state index in [1.54, 1.807) is 4.90 Å². The molecule has 0 bridgehead atoms. The molecule has 1 aliphatic rings. The zero-order valence-corrected chi connectivity index (χ0v) is 14.3. The number of amides is 3. The van der Waals surface area contributed by atoms with Crippen molar-refractivity contribution in [2.75, 3.05) is 26.2 Å². The van der Waals surface area contributed by atoms with Crippen LogP contribution >= 0.6 is 0 Å². The lowest BCUT2D eigenvalue weighted by Crippen LogP contribution is -2.54. The van der Waals surface area contributed by atoms with Crippen molar-refractivity contribution in [1.29, 1.82) is 0 Å². The fourth-order valence-electron chi connectivity index (χ4n) is 2.79. The van der Waals surface area contributed by atoms with E-state index in [1.807, 2.05) is 30.9 Å². The molecule has 0 unspecified atom stereocenters. The molecule has 0 aliphatic carbocycles. The second kappa shape index (κ2) is 7.99. The van der Waals surface area contributed by atoms with Crippen LogP contribution in [0.25, 0.3) is 0 Å². The quantitative estimate of drug-likeness (QED) is 0.925. The van der Waals surface area contributed by atoms with E-state index in [0.717, 1.165) is 6.42 Å². The van der Waals surface area contributed by atoms with Crippen LogP contribution in [0.3, 0.4) is 0 Å². The number of carbonyl (C=O) groups excluding carboxylic acids is 2. The van der Waals surface area contributed by atoms with Crippen LogP contribution in [-0.4, -0.2) is 54.0 Å². The molecule has 3 amide bonds. The molecule has 1 aromatic rings. The molecule has 126 valence electrons. The highest BCUT2D eigenvalue weighted by molar-refractivity contribution is 5.78. The van der Waals surface area contributed by atoms with Gasteiger partial charge in [0.2, 0.25) is 5.91 Å². The Morgan fingerprint density at radius 3 is 2.30 bits per heavy atom. The molecule has 0 atom stereocenters. The predicted octanol–water partition coefficient (Wildman–Crippen LogP) is 2.19. The first-order chi connectivity index (χ1) is 11.0. The molecule has 1 N–H and O–H groups in total. The Bertz CT molecular complexity index is 549. The number of aryl methyl sites for hydroxylation is 2. The number of carbonyl (C=O) groups is 2. The molecule has 0 aromatic heterocycles. The van der Waals surface area contributed by atoms with E-state index in [2.05, 4.69) is 24.4 Å². The summed E-state index contributed by atoms with van der Waals surface area (Å²) in [7, 11) is 0. The van der Waals surface area contributed by atoms with Crippen LogP contribution in [0.4, 0.5) is 4.79 Å². The number of nitrogens with one attached hydrogen (secondary N) is 1. The van der Waals surface area contributed by atoms with Gasteiger partial charge in [-0.3, -0.25) is 4.79 Å². The van der Waals surface area contributed by atoms with Gasteiger partial charge in [0, 0.05) is 38.6 Å². The number of piperazine rings is 1. The van der Waals surface area contributed by atoms with Crippen LogP contribution < -0.4 is 5.32 Å². The molecule has 0 radical (unpaired) electrons. The van der Waals surface area contributed by atoms with Crippen LogP contribution in [0.5, 0.6) is 0 Å². The maximum atomic E-state index is 12.3. The fraction of sp³-hybridized carbons (Fsp3) is 0.556. The van der Waals surface area contributed by atoms with Crippen molar-refractivity contribution in [2.24, 2.45) is 0 Å². The Morgan fingerprint density at radius 2 is 1.70 bits per heavy atom. The summed E-state index contributed by atoms with van der Waals surface area (Å²) in [5.74, 6) is 0.178. The van der Waals surface area contributed by atoms with Gasteiger partial charge < -0.3 is 15.1 Å². The molecule has 1 heterocycles. The lowest BCUT2D eigenvalue weighted by Gasteiger charge is -2.35. The molecular weight excluding hydrogens is 290 g/mol. The standard InChI is InChI=1S/C18H27N3O2/c1-14(2)19-18(23)21-12-10-20(11-13-21)17(22)9-8-16-7-5-4-6-15(16)3/h4-7,14H,8-13H2,1-3H3,(H,19,23). The number of hydrogen-bond acceptors (Lipinski definition) is 2. The highest BCUT2D eigenvalue weighted by Gasteiger charge is 2.24. The van der Waals surface area contributed by atoms with Crippen molar-refractivity contribution in [3.8, 4) is 0 Å². The first-order valence-corrected chi connectivity index (χ1v) is 8.35. The second-order valence-corrected chi connectivity index (χ2v) is 6.40. The zero-order chi connectivity index (χ0) is 16.8. The SMILES string of the molecule is Cc1ccccc1CCC(=O)N1CCN(C(=O)NC(C)C)CC1.